The maximum absolute atomic E-state index is 12.1. The van der Waals surface area contributed by atoms with E-state index in [0.717, 1.165) is 5.56 Å². The molecule has 0 spiro atoms. The van der Waals surface area contributed by atoms with E-state index < -0.39 is 5.51 Å². The van der Waals surface area contributed by atoms with E-state index in [-0.39, 0.29) is 28.7 Å². The van der Waals surface area contributed by atoms with Crippen molar-refractivity contribution in [3.8, 4) is 0 Å². The molecule has 0 amide bonds. The molecular weight excluding hydrogens is 275 g/mol. The fourth-order valence-corrected chi connectivity index (χ4v) is 1.95. The van der Waals surface area contributed by atoms with Crippen LogP contribution in [0.25, 0.3) is 0 Å². The van der Waals surface area contributed by atoms with Crippen molar-refractivity contribution in [3.63, 3.8) is 0 Å². The minimum absolute atomic E-state index is 0.0845. The molecule has 108 valence electrons. The smallest absolute Gasteiger partial charge is 0.396 e. The Hall–Kier alpha value is -0.720. The Kier molecular flexibility index (Phi) is 5.70. The van der Waals surface area contributed by atoms with Crippen molar-refractivity contribution in [3.05, 3.63) is 29.8 Å². The summed E-state index contributed by atoms with van der Waals surface area (Å²) < 4.78 is 36.4. The van der Waals surface area contributed by atoms with Gasteiger partial charge < -0.3 is 10.4 Å². The Morgan fingerprint density at radius 3 is 2.21 bits per heavy atom. The van der Waals surface area contributed by atoms with Crippen LogP contribution in [0.1, 0.15) is 19.4 Å². The van der Waals surface area contributed by atoms with Gasteiger partial charge in [-0.2, -0.15) is 13.2 Å². The molecule has 0 aliphatic heterocycles. The van der Waals surface area contributed by atoms with Crippen molar-refractivity contribution in [1.29, 1.82) is 0 Å². The molecule has 0 aromatic heterocycles. The average molecular weight is 293 g/mol. The van der Waals surface area contributed by atoms with Crippen molar-refractivity contribution >= 4 is 11.8 Å². The lowest BCUT2D eigenvalue weighted by atomic mass is 9.95. The Balaban J connectivity index is 2.45. The number of alkyl halides is 3. The molecule has 0 atom stereocenters. The lowest BCUT2D eigenvalue weighted by Gasteiger charge is -2.21. The molecule has 2 nitrogen and oxygen atoms in total. The van der Waals surface area contributed by atoms with Gasteiger partial charge in [0.15, 0.2) is 0 Å². The van der Waals surface area contributed by atoms with Gasteiger partial charge in [-0.3, -0.25) is 0 Å². The van der Waals surface area contributed by atoms with E-state index in [1.165, 1.54) is 12.1 Å². The maximum atomic E-state index is 12.1. The molecule has 0 aliphatic carbocycles. The molecule has 1 aromatic carbocycles. The van der Waals surface area contributed by atoms with Crippen molar-refractivity contribution in [2.75, 3.05) is 13.2 Å². The Morgan fingerprint density at radius 1 is 1.16 bits per heavy atom. The van der Waals surface area contributed by atoms with Gasteiger partial charge in [0.05, 0.1) is 0 Å². The van der Waals surface area contributed by atoms with Crippen LogP contribution in [0.15, 0.2) is 29.2 Å². The second kappa shape index (κ2) is 6.63. The van der Waals surface area contributed by atoms with Crippen LogP contribution in [-0.2, 0) is 6.54 Å². The summed E-state index contributed by atoms with van der Waals surface area (Å²) in [4.78, 5) is 0.187. The summed E-state index contributed by atoms with van der Waals surface area (Å²) in [5.74, 6) is 0. The molecule has 0 radical (unpaired) electrons. The Bertz CT molecular complexity index is 390. The zero-order chi connectivity index (χ0) is 14.5. The van der Waals surface area contributed by atoms with Gasteiger partial charge in [0.2, 0.25) is 0 Å². The number of rotatable bonds is 6. The number of aliphatic hydroxyl groups is 1. The Morgan fingerprint density at radius 2 is 1.74 bits per heavy atom. The summed E-state index contributed by atoms with van der Waals surface area (Å²) in [6.45, 7) is 5.16. The van der Waals surface area contributed by atoms with Crippen molar-refractivity contribution in [2.45, 2.75) is 30.8 Å². The van der Waals surface area contributed by atoms with Crippen LogP contribution in [-0.4, -0.2) is 23.8 Å². The normalized spacial score (nSPS) is 12.7. The molecule has 0 heterocycles. The summed E-state index contributed by atoms with van der Waals surface area (Å²) >= 11 is -0.112. The van der Waals surface area contributed by atoms with Gasteiger partial charge in [-0.05, 0) is 29.5 Å². The summed E-state index contributed by atoms with van der Waals surface area (Å²) in [7, 11) is 0. The number of nitrogens with one attached hydrogen (secondary N) is 1. The van der Waals surface area contributed by atoms with Crippen molar-refractivity contribution in [1.82, 2.24) is 5.32 Å². The van der Waals surface area contributed by atoms with Gasteiger partial charge in [0.25, 0.3) is 0 Å². The van der Waals surface area contributed by atoms with Crippen molar-refractivity contribution < 1.29 is 18.3 Å². The van der Waals surface area contributed by atoms with Crippen molar-refractivity contribution in [2.24, 2.45) is 5.41 Å². The predicted molar refractivity (Wildman–Crippen MR) is 70.9 cm³/mol. The molecule has 0 bridgehead atoms. The SMILES string of the molecule is CC(C)(CO)CNCc1ccc(SC(F)(F)F)cc1. The first-order valence-electron chi connectivity index (χ1n) is 5.88. The summed E-state index contributed by atoms with van der Waals surface area (Å²) in [5.41, 5.74) is -3.53. The minimum Gasteiger partial charge on any atom is -0.396 e. The maximum Gasteiger partial charge on any atom is 0.446 e. The lowest BCUT2D eigenvalue weighted by molar-refractivity contribution is -0.0328. The zero-order valence-electron chi connectivity index (χ0n) is 10.9. The van der Waals surface area contributed by atoms with Gasteiger partial charge in [-0.15, -0.1) is 0 Å². The van der Waals surface area contributed by atoms with E-state index >= 15 is 0 Å². The predicted octanol–water partition coefficient (Wildman–Crippen LogP) is 3.41. The number of hydrogen-bond donors (Lipinski definition) is 2. The topological polar surface area (TPSA) is 32.3 Å². The van der Waals surface area contributed by atoms with Crippen LogP contribution >= 0.6 is 11.8 Å². The number of halogens is 3. The lowest BCUT2D eigenvalue weighted by Crippen LogP contribution is -2.31. The summed E-state index contributed by atoms with van der Waals surface area (Å²) in [6, 6.07) is 6.28. The second-order valence-corrected chi connectivity index (χ2v) is 6.26. The fourth-order valence-electron chi connectivity index (χ4n) is 1.41. The molecule has 0 aliphatic rings. The highest BCUT2D eigenvalue weighted by Crippen LogP contribution is 2.36. The first-order chi connectivity index (χ1) is 8.72. The van der Waals surface area contributed by atoms with Crippen LogP contribution in [0.3, 0.4) is 0 Å². The monoisotopic (exact) mass is 293 g/mol. The third-order valence-electron chi connectivity index (χ3n) is 2.52. The number of thioether (sulfide) groups is 1. The van der Waals surface area contributed by atoms with Gasteiger partial charge in [0, 0.05) is 30.0 Å². The first kappa shape index (κ1) is 16.3. The highest BCUT2D eigenvalue weighted by molar-refractivity contribution is 8.00. The highest BCUT2D eigenvalue weighted by atomic mass is 32.2. The minimum atomic E-state index is -4.25. The van der Waals surface area contributed by atoms with Crippen LogP contribution in [0.4, 0.5) is 13.2 Å². The fraction of sp³-hybridized carbons (Fsp3) is 0.538. The van der Waals surface area contributed by atoms with Crippen LogP contribution in [0.2, 0.25) is 0 Å². The third-order valence-corrected chi connectivity index (χ3v) is 3.26. The standard InChI is InChI=1S/C13H18F3NOS/c1-12(2,9-18)8-17-7-10-3-5-11(6-4-10)19-13(14,15)16/h3-6,17-18H,7-9H2,1-2H3. The van der Waals surface area contributed by atoms with Gasteiger partial charge in [-0.1, -0.05) is 26.0 Å². The van der Waals surface area contributed by atoms with E-state index in [1.807, 2.05) is 13.8 Å². The van der Waals surface area contributed by atoms with Crippen LogP contribution in [0, 0.1) is 5.41 Å². The third kappa shape index (κ3) is 6.84. The molecule has 0 fully saturated rings. The molecule has 2 N–H and O–H groups in total. The molecule has 1 rings (SSSR count). The first-order valence-corrected chi connectivity index (χ1v) is 6.70. The second-order valence-electron chi connectivity index (χ2n) is 5.12. The Labute approximate surface area is 115 Å². The molecule has 1 aromatic rings. The van der Waals surface area contributed by atoms with Crippen LogP contribution in [0.5, 0.6) is 0 Å². The molecule has 0 saturated carbocycles. The van der Waals surface area contributed by atoms with E-state index in [2.05, 4.69) is 5.32 Å². The average Bonchev–Trinajstić information content (AvgIpc) is 2.29. The molecule has 19 heavy (non-hydrogen) atoms. The quantitative estimate of drug-likeness (QED) is 0.788. The molecule has 6 heteroatoms. The molecule has 0 saturated heterocycles. The summed E-state index contributed by atoms with van der Waals surface area (Å²) in [5, 5.41) is 12.3. The van der Waals surface area contributed by atoms with E-state index in [1.54, 1.807) is 12.1 Å². The van der Waals surface area contributed by atoms with E-state index in [9.17, 15) is 13.2 Å². The summed E-state index contributed by atoms with van der Waals surface area (Å²) in [6.07, 6.45) is 0. The molecular formula is C13H18F3NOS. The largest absolute Gasteiger partial charge is 0.446 e. The number of hydrogen-bond acceptors (Lipinski definition) is 3. The van der Waals surface area contributed by atoms with E-state index in [4.69, 9.17) is 5.11 Å². The zero-order valence-corrected chi connectivity index (χ0v) is 11.7. The van der Waals surface area contributed by atoms with E-state index in [0.29, 0.717) is 13.1 Å². The van der Waals surface area contributed by atoms with Gasteiger partial charge >= 0.3 is 5.51 Å². The number of aliphatic hydroxyl groups excluding tert-OH is 1. The molecule has 0 unspecified atom stereocenters. The van der Waals surface area contributed by atoms with Gasteiger partial charge in [0.1, 0.15) is 0 Å². The van der Waals surface area contributed by atoms with Crippen LogP contribution < -0.4 is 5.32 Å². The number of benzene rings is 1. The highest BCUT2D eigenvalue weighted by Gasteiger charge is 2.28. The van der Waals surface area contributed by atoms with Gasteiger partial charge in [-0.25, -0.2) is 0 Å².